The summed E-state index contributed by atoms with van der Waals surface area (Å²) >= 11 is 0. The number of unbranched alkanes of at least 4 members (excludes halogenated alkanes) is 35. The first kappa shape index (κ1) is 108. The van der Waals surface area contributed by atoms with E-state index in [1.54, 1.807) is 0 Å². The highest BCUT2D eigenvalue weighted by Gasteiger charge is 2.29. The lowest BCUT2D eigenvalue weighted by molar-refractivity contribution is -0.161. The van der Waals surface area contributed by atoms with Gasteiger partial charge in [0.15, 0.2) is 6.10 Å². The van der Waals surface area contributed by atoms with E-state index in [-0.39, 0.29) is 19.3 Å². The van der Waals surface area contributed by atoms with Crippen molar-refractivity contribution in [3.05, 3.63) is 158 Å². The van der Waals surface area contributed by atoms with Crippen LogP contribution in [0.5, 0.6) is 0 Å². The summed E-state index contributed by atoms with van der Waals surface area (Å²) in [4.78, 5) is 59.0. The molecule has 0 fully saturated rings. The number of esters is 3. The van der Waals surface area contributed by atoms with Gasteiger partial charge in [-0.15, -0.1) is 0 Å². The van der Waals surface area contributed by atoms with Crippen molar-refractivity contribution in [2.45, 2.75) is 386 Å². The number of aliphatic hydroxyl groups excluding tert-OH is 2. The van der Waals surface area contributed by atoms with Crippen molar-refractivity contribution in [1.29, 1.82) is 0 Å². The van der Waals surface area contributed by atoms with Gasteiger partial charge in [0.05, 0.1) is 26.4 Å². The van der Waals surface area contributed by atoms with Crippen LogP contribution in [0.2, 0.25) is 0 Å². The van der Waals surface area contributed by atoms with Crippen LogP contribution in [0, 0.1) is 0 Å². The summed E-state index contributed by atoms with van der Waals surface area (Å²) in [5, 5.41) is 20.7. The zero-order chi connectivity index (χ0) is 82.2. The van der Waals surface area contributed by atoms with Crippen molar-refractivity contribution >= 4 is 33.6 Å². The minimum atomic E-state index is -4.95. The van der Waals surface area contributed by atoms with Crippen molar-refractivity contribution in [1.82, 2.24) is 0 Å². The molecule has 0 aliphatic heterocycles. The van der Waals surface area contributed by atoms with Crippen molar-refractivity contribution < 1.29 is 75.8 Å². The van der Waals surface area contributed by atoms with Gasteiger partial charge in [-0.25, -0.2) is 9.13 Å². The molecule has 0 saturated carbocycles. The highest BCUT2D eigenvalue weighted by Crippen LogP contribution is 2.45. The van der Waals surface area contributed by atoms with E-state index in [2.05, 4.69) is 179 Å². The Morgan fingerprint density at radius 2 is 0.469 bits per heavy atom. The second-order valence-electron chi connectivity index (χ2n) is 29.7. The van der Waals surface area contributed by atoms with Crippen LogP contribution in [0.1, 0.15) is 367 Å². The molecule has 0 aliphatic carbocycles. The molecule has 0 aliphatic rings. The Bertz CT molecular complexity index is 2680. The third-order valence-electron chi connectivity index (χ3n) is 18.7. The maximum absolute atomic E-state index is 13.1. The van der Waals surface area contributed by atoms with Crippen LogP contribution in [0.4, 0.5) is 0 Å². The van der Waals surface area contributed by atoms with Gasteiger partial charge in [-0.05, 0) is 154 Å². The standard InChI is InChI=1S/C95H162O16P2/c1-4-7-10-13-16-19-22-25-28-31-34-37-40-43-44-47-49-51-54-57-60-63-66-69-72-75-78-81-93(98)105-84-90(96)85-107-112(101,102)108-86-91(97)87-109-113(103,104)110-89-92(111-95(100)83-80-77-74-71-68-65-62-59-56-53-50-46-42-39-36-33-30-27-24-21-18-15-12-9-6-3)88-106-94(99)82-79-76-73-70-67-64-61-58-55-52-48-45-41-38-35-32-29-26-23-20-17-14-11-8-5-2/h7,10,16-21,25-30,34-39,43-46,48,50,90-92,96-97H,4-6,8-9,11-15,22-24,31-33,40-42,47,49,51-89H2,1-3H3,(H,101,102)(H,103,104)/b10-7-,19-16-,20-17-,21-18-,28-25-,29-26-,30-27-,37-34-,38-35-,39-36-,44-43-,48-45-,50-46-. The molecule has 0 bridgehead atoms. The number of hydrogen-bond acceptors (Lipinski definition) is 14. The molecule has 5 unspecified atom stereocenters. The number of phosphoric ester groups is 2. The molecular weight excluding hydrogens is 1460 g/mol. The number of carbonyl (C=O) groups is 3. The maximum Gasteiger partial charge on any atom is 0.472 e. The number of aliphatic hydroxyl groups is 2. The molecule has 0 aromatic heterocycles. The first-order valence-corrected chi connectivity index (χ1v) is 47.8. The predicted octanol–water partition coefficient (Wildman–Crippen LogP) is 27.3. The lowest BCUT2D eigenvalue weighted by atomic mass is 10.0. The highest BCUT2D eigenvalue weighted by molar-refractivity contribution is 7.47. The topological polar surface area (TPSA) is 231 Å². The number of carbonyl (C=O) groups excluding carboxylic acids is 3. The zero-order valence-corrected chi connectivity index (χ0v) is 73.0. The van der Waals surface area contributed by atoms with Gasteiger partial charge < -0.3 is 34.2 Å². The maximum atomic E-state index is 13.1. The fourth-order valence-electron chi connectivity index (χ4n) is 11.9. The second kappa shape index (κ2) is 86.5. The fraction of sp³-hybridized carbons (Fsp3) is 0.695. The van der Waals surface area contributed by atoms with Crippen LogP contribution < -0.4 is 0 Å². The van der Waals surface area contributed by atoms with E-state index in [9.17, 15) is 43.5 Å². The van der Waals surface area contributed by atoms with Crippen molar-refractivity contribution in [3.63, 3.8) is 0 Å². The lowest BCUT2D eigenvalue weighted by Crippen LogP contribution is -2.30. The molecule has 5 atom stereocenters. The quantitative estimate of drug-likeness (QED) is 0.0146. The molecule has 648 valence electrons. The molecule has 0 heterocycles. The van der Waals surface area contributed by atoms with Gasteiger partial charge in [0.25, 0.3) is 0 Å². The Morgan fingerprint density at radius 3 is 0.743 bits per heavy atom. The Labute approximate surface area is 689 Å². The van der Waals surface area contributed by atoms with Gasteiger partial charge in [-0.2, -0.15) is 0 Å². The molecule has 0 saturated heterocycles. The first-order chi connectivity index (χ1) is 55.2. The molecule has 0 aromatic rings. The minimum absolute atomic E-state index is 0.0921. The molecule has 0 spiro atoms. The zero-order valence-electron chi connectivity index (χ0n) is 71.3. The van der Waals surface area contributed by atoms with Crippen molar-refractivity contribution in [2.24, 2.45) is 0 Å². The van der Waals surface area contributed by atoms with E-state index in [1.165, 1.54) is 148 Å². The van der Waals surface area contributed by atoms with Gasteiger partial charge in [0.1, 0.15) is 25.4 Å². The Morgan fingerprint density at radius 1 is 0.257 bits per heavy atom. The molecule has 18 heteroatoms. The number of phosphoric acid groups is 2. The van der Waals surface area contributed by atoms with Crippen LogP contribution >= 0.6 is 15.6 Å². The van der Waals surface area contributed by atoms with Gasteiger partial charge in [-0.1, -0.05) is 352 Å². The van der Waals surface area contributed by atoms with Gasteiger partial charge in [-0.3, -0.25) is 32.5 Å². The average Bonchev–Trinajstić information content (AvgIpc) is 0.897. The molecule has 0 radical (unpaired) electrons. The third kappa shape index (κ3) is 87.8. The number of allylic oxidation sites excluding steroid dienone is 26. The summed E-state index contributed by atoms with van der Waals surface area (Å²) in [6, 6.07) is 0. The van der Waals surface area contributed by atoms with Crippen molar-refractivity contribution in [3.8, 4) is 0 Å². The van der Waals surface area contributed by atoms with E-state index >= 15 is 0 Å². The first-order valence-electron chi connectivity index (χ1n) is 44.8. The molecule has 113 heavy (non-hydrogen) atoms. The normalized spacial score (nSPS) is 14.6. The average molecular weight is 1620 g/mol. The Balaban J connectivity index is 4.69. The van der Waals surface area contributed by atoms with Crippen LogP contribution in [-0.2, 0) is 55.8 Å². The van der Waals surface area contributed by atoms with Gasteiger partial charge in [0.2, 0.25) is 0 Å². The molecule has 0 amide bonds. The SMILES string of the molecule is CC/C=C\C/C=C\C/C=C\C/C=C\C/C=C\CCCCCCCCCCCCCC(=O)OCC(O)COP(=O)(O)OCC(O)COP(=O)(O)OCC(COC(=O)CCCCCCCCCCC/C=C\C/C=C\C/C=C\C/C=C\CCCCC)OC(=O)CCCCCCCCCCC/C=C\C/C=C\C/C=C\C/C=C\CCCCC. The monoisotopic (exact) mass is 1620 g/mol. The molecule has 16 nitrogen and oxygen atoms in total. The largest absolute Gasteiger partial charge is 0.472 e. The summed E-state index contributed by atoms with van der Waals surface area (Å²) in [6.45, 7) is 2.53. The Hall–Kier alpha value is -4.83. The van der Waals surface area contributed by atoms with Gasteiger partial charge in [0, 0.05) is 19.3 Å². The van der Waals surface area contributed by atoms with E-state index in [0.717, 1.165) is 161 Å². The third-order valence-corrected chi connectivity index (χ3v) is 20.6. The molecule has 0 aromatic carbocycles. The lowest BCUT2D eigenvalue weighted by Gasteiger charge is -2.21. The smallest absolute Gasteiger partial charge is 0.463 e. The predicted molar refractivity (Wildman–Crippen MR) is 472 cm³/mol. The number of ether oxygens (including phenoxy) is 3. The molecular formula is C95H162O16P2. The van der Waals surface area contributed by atoms with E-state index in [1.807, 2.05) is 0 Å². The minimum Gasteiger partial charge on any atom is -0.463 e. The highest BCUT2D eigenvalue weighted by atomic mass is 31.2. The number of hydrogen-bond donors (Lipinski definition) is 4. The van der Waals surface area contributed by atoms with Crippen LogP contribution in [0.15, 0.2) is 158 Å². The van der Waals surface area contributed by atoms with Crippen LogP contribution in [0.25, 0.3) is 0 Å². The second-order valence-corrected chi connectivity index (χ2v) is 32.6. The summed E-state index contributed by atoms with van der Waals surface area (Å²) in [5.74, 6) is -1.59. The van der Waals surface area contributed by atoms with Crippen LogP contribution in [-0.4, -0.2) is 95.9 Å². The molecule has 4 N–H and O–H groups in total. The molecule has 0 rings (SSSR count). The van der Waals surface area contributed by atoms with E-state index in [4.69, 9.17) is 32.3 Å². The van der Waals surface area contributed by atoms with E-state index in [0.29, 0.717) is 19.3 Å². The van der Waals surface area contributed by atoms with Gasteiger partial charge >= 0.3 is 33.6 Å². The van der Waals surface area contributed by atoms with Crippen LogP contribution in [0.3, 0.4) is 0 Å². The summed E-state index contributed by atoms with van der Waals surface area (Å²) in [7, 11) is -9.81. The fourth-order valence-corrected chi connectivity index (χ4v) is 13.5. The number of rotatable bonds is 84. The summed E-state index contributed by atoms with van der Waals surface area (Å²) < 4.78 is 61.5. The Kier molecular flexibility index (Phi) is 82.8. The van der Waals surface area contributed by atoms with E-state index < -0.39 is 91.5 Å². The van der Waals surface area contributed by atoms with Crippen molar-refractivity contribution in [2.75, 3.05) is 39.6 Å². The summed E-state index contributed by atoms with van der Waals surface area (Å²) in [6.07, 6.45) is 110. The summed E-state index contributed by atoms with van der Waals surface area (Å²) in [5.41, 5.74) is 0.